The average molecular weight is 324 g/mol. The van der Waals surface area contributed by atoms with Gasteiger partial charge >= 0.3 is 0 Å². The molecule has 5 nitrogen and oxygen atoms in total. The quantitative estimate of drug-likeness (QED) is 0.778. The highest BCUT2D eigenvalue weighted by molar-refractivity contribution is 6.31. The van der Waals surface area contributed by atoms with Crippen LogP contribution in [0.2, 0.25) is 5.02 Å². The van der Waals surface area contributed by atoms with E-state index in [9.17, 15) is 9.59 Å². The predicted octanol–water partition coefficient (Wildman–Crippen LogP) is 2.24. The zero-order valence-electron chi connectivity index (χ0n) is 12.7. The first-order valence-corrected chi connectivity index (χ1v) is 8.02. The van der Waals surface area contributed by atoms with Gasteiger partial charge in [0.15, 0.2) is 0 Å². The molecule has 1 aliphatic rings. The molecule has 0 radical (unpaired) electrons. The number of hydrogen-bond acceptors (Lipinski definition) is 3. The molecule has 1 heterocycles. The molecule has 2 rings (SSSR count). The van der Waals surface area contributed by atoms with Crippen LogP contribution in [0.3, 0.4) is 0 Å². The highest BCUT2D eigenvalue weighted by Crippen LogP contribution is 2.22. The SMILES string of the molecule is Cc1c(Cl)cccc1NC(=O)CCNC(=O)C1CCCCN1. The van der Waals surface area contributed by atoms with Gasteiger partial charge in [0.1, 0.15) is 0 Å². The number of carbonyl (C=O) groups is 2. The third kappa shape index (κ3) is 4.71. The van der Waals surface area contributed by atoms with E-state index in [1.807, 2.05) is 13.0 Å². The molecule has 0 aliphatic carbocycles. The van der Waals surface area contributed by atoms with E-state index in [1.165, 1.54) is 0 Å². The third-order valence-corrected chi connectivity index (χ3v) is 4.23. The summed E-state index contributed by atoms with van der Waals surface area (Å²) in [5, 5.41) is 9.42. The number of benzene rings is 1. The van der Waals surface area contributed by atoms with Crippen LogP contribution in [0.15, 0.2) is 18.2 Å². The van der Waals surface area contributed by atoms with Crippen LogP contribution in [0.4, 0.5) is 5.69 Å². The molecule has 22 heavy (non-hydrogen) atoms. The molecular weight excluding hydrogens is 302 g/mol. The van der Waals surface area contributed by atoms with Crippen molar-refractivity contribution in [2.75, 3.05) is 18.4 Å². The molecule has 0 spiro atoms. The predicted molar refractivity (Wildman–Crippen MR) is 88.1 cm³/mol. The maximum absolute atomic E-state index is 11.9. The number of nitrogens with one attached hydrogen (secondary N) is 3. The van der Waals surface area contributed by atoms with E-state index in [0.717, 1.165) is 31.4 Å². The molecule has 0 saturated carbocycles. The fraction of sp³-hybridized carbons (Fsp3) is 0.500. The van der Waals surface area contributed by atoms with Crippen LogP contribution in [0.25, 0.3) is 0 Å². The van der Waals surface area contributed by atoms with Crippen LogP contribution in [0, 0.1) is 6.92 Å². The van der Waals surface area contributed by atoms with Crippen molar-refractivity contribution in [2.45, 2.75) is 38.6 Å². The lowest BCUT2D eigenvalue weighted by molar-refractivity contribution is -0.123. The maximum Gasteiger partial charge on any atom is 0.237 e. The van der Waals surface area contributed by atoms with Gasteiger partial charge in [-0.3, -0.25) is 9.59 Å². The minimum absolute atomic E-state index is 0.0218. The lowest BCUT2D eigenvalue weighted by atomic mass is 10.0. The molecule has 1 aliphatic heterocycles. The first kappa shape index (κ1) is 16.8. The Kier molecular flexibility index (Phi) is 6.21. The van der Waals surface area contributed by atoms with Crippen LogP contribution in [0.5, 0.6) is 0 Å². The molecule has 0 bridgehead atoms. The van der Waals surface area contributed by atoms with Crippen molar-refractivity contribution in [1.82, 2.24) is 10.6 Å². The van der Waals surface area contributed by atoms with Gasteiger partial charge in [-0.1, -0.05) is 24.1 Å². The Morgan fingerprint density at radius 1 is 1.36 bits per heavy atom. The highest BCUT2D eigenvalue weighted by atomic mass is 35.5. The van der Waals surface area contributed by atoms with E-state index >= 15 is 0 Å². The maximum atomic E-state index is 11.9. The summed E-state index contributed by atoms with van der Waals surface area (Å²) in [5.41, 5.74) is 1.55. The Balaban J connectivity index is 1.73. The number of hydrogen-bond donors (Lipinski definition) is 3. The molecule has 120 valence electrons. The van der Waals surface area contributed by atoms with E-state index in [4.69, 9.17) is 11.6 Å². The number of halogens is 1. The van der Waals surface area contributed by atoms with Crippen LogP contribution < -0.4 is 16.0 Å². The smallest absolute Gasteiger partial charge is 0.237 e. The molecular formula is C16H22ClN3O2. The normalized spacial score (nSPS) is 17.8. The zero-order chi connectivity index (χ0) is 15.9. The van der Waals surface area contributed by atoms with Gasteiger partial charge in [-0.25, -0.2) is 0 Å². The van der Waals surface area contributed by atoms with Crippen LogP contribution >= 0.6 is 11.6 Å². The monoisotopic (exact) mass is 323 g/mol. The Hall–Kier alpha value is -1.59. The number of rotatable bonds is 5. The molecule has 1 unspecified atom stereocenters. The highest BCUT2D eigenvalue weighted by Gasteiger charge is 2.20. The second-order valence-electron chi connectivity index (χ2n) is 5.50. The van der Waals surface area contributed by atoms with E-state index in [1.54, 1.807) is 12.1 Å². The topological polar surface area (TPSA) is 70.2 Å². The first-order chi connectivity index (χ1) is 10.6. The van der Waals surface area contributed by atoms with Crippen molar-refractivity contribution in [3.63, 3.8) is 0 Å². The standard InChI is InChI=1S/C16H22ClN3O2/c1-11-12(17)5-4-7-13(11)20-15(21)8-10-19-16(22)14-6-2-3-9-18-14/h4-5,7,14,18H,2-3,6,8-10H2,1H3,(H,19,22)(H,20,21). The van der Waals surface area contributed by atoms with Gasteiger partial charge in [-0.15, -0.1) is 0 Å². The van der Waals surface area contributed by atoms with Crippen molar-refractivity contribution in [3.8, 4) is 0 Å². The van der Waals surface area contributed by atoms with Crippen molar-refractivity contribution < 1.29 is 9.59 Å². The first-order valence-electron chi connectivity index (χ1n) is 7.64. The third-order valence-electron chi connectivity index (χ3n) is 3.82. The van der Waals surface area contributed by atoms with Gasteiger partial charge in [0.25, 0.3) is 0 Å². The number of anilines is 1. The van der Waals surface area contributed by atoms with Crippen molar-refractivity contribution in [1.29, 1.82) is 0 Å². The van der Waals surface area contributed by atoms with Gasteiger partial charge in [0.05, 0.1) is 6.04 Å². The van der Waals surface area contributed by atoms with Gasteiger partial charge in [-0.05, 0) is 44.0 Å². The molecule has 1 saturated heterocycles. The Labute approximate surface area is 135 Å². The van der Waals surface area contributed by atoms with Gasteiger partial charge in [0, 0.05) is 23.7 Å². The van der Waals surface area contributed by atoms with Crippen molar-refractivity contribution in [2.24, 2.45) is 0 Å². The Morgan fingerprint density at radius 2 is 2.18 bits per heavy atom. The largest absolute Gasteiger partial charge is 0.354 e. The summed E-state index contributed by atoms with van der Waals surface area (Å²) in [6.45, 7) is 3.07. The molecule has 0 aromatic heterocycles. The minimum atomic E-state index is -0.137. The van der Waals surface area contributed by atoms with Gasteiger partial charge < -0.3 is 16.0 Å². The zero-order valence-corrected chi connectivity index (χ0v) is 13.5. The summed E-state index contributed by atoms with van der Waals surface area (Å²) in [6.07, 6.45) is 3.29. The molecule has 1 aromatic carbocycles. The minimum Gasteiger partial charge on any atom is -0.354 e. The van der Waals surface area contributed by atoms with Crippen LogP contribution in [-0.4, -0.2) is 30.9 Å². The van der Waals surface area contributed by atoms with Crippen LogP contribution in [-0.2, 0) is 9.59 Å². The summed E-state index contributed by atoms with van der Waals surface area (Å²) >= 11 is 6.01. The molecule has 3 N–H and O–H groups in total. The molecule has 2 amide bonds. The van der Waals surface area contributed by atoms with Gasteiger partial charge in [-0.2, -0.15) is 0 Å². The fourth-order valence-electron chi connectivity index (χ4n) is 2.45. The number of piperidine rings is 1. The Bertz CT molecular complexity index is 542. The summed E-state index contributed by atoms with van der Waals surface area (Å²) in [6, 6.07) is 5.27. The lowest BCUT2D eigenvalue weighted by Gasteiger charge is -2.22. The number of amides is 2. The average Bonchev–Trinajstić information content (AvgIpc) is 2.52. The van der Waals surface area contributed by atoms with E-state index < -0.39 is 0 Å². The molecule has 6 heteroatoms. The van der Waals surface area contributed by atoms with Crippen LogP contribution in [0.1, 0.15) is 31.2 Å². The molecule has 1 fully saturated rings. The van der Waals surface area contributed by atoms with E-state index in [2.05, 4.69) is 16.0 Å². The summed E-state index contributed by atoms with van der Waals surface area (Å²) in [5.74, 6) is -0.159. The second-order valence-corrected chi connectivity index (χ2v) is 5.91. The molecule has 1 aromatic rings. The fourth-order valence-corrected chi connectivity index (χ4v) is 2.63. The second kappa shape index (κ2) is 8.15. The number of carbonyl (C=O) groups excluding carboxylic acids is 2. The Morgan fingerprint density at radius 3 is 2.91 bits per heavy atom. The van der Waals surface area contributed by atoms with Crippen molar-refractivity contribution >= 4 is 29.1 Å². The van der Waals surface area contributed by atoms with Gasteiger partial charge in [0.2, 0.25) is 11.8 Å². The summed E-state index contributed by atoms with van der Waals surface area (Å²) < 4.78 is 0. The van der Waals surface area contributed by atoms with E-state index in [0.29, 0.717) is 17.3 Å². The van der Waals surface area contributed by atoms with Crippen molar-refractivity contribution in [3.05, 3.63) is 28.8 Å². The lowest BCUT2D eigenvalue weighted by Crippen LogP contribution is -2.47. The molecule has 1 atom stereocenters. The summed E-state index contributed by atoms with van der Waals surface area (Å²) in [7, 11) is 0. The van der Waals surface area contributed by atoms with E-state index in [-0.39, 0.29) is 24.3 Å². The summed E-state index contributed by atoms with van der Waals surface area (Å²) in [4.78, 5) is 23.8.